The molecule has 1 aromatic heterocycles. The molecule has 0 spiro atoms. The summed E-state index contributed by atoms with van der Waals surface area (Å²) in [5, 5.41) is 0. The normalized spacial score (nSPS) is 21.5. The van der Waals surface area contributed by atoms with Crippen LogP contribution in [0.15, 0.2) is 6.33 Å². The van der Waals surface area contributed by atoms with E-state index in [1.54, 1.807) is 6.33 Å². The number of nitrogens with two attached hydrogens (primary N) is 1. The van der Waals surface area contributed by atoms with Crippen LogP contribution in [0, 0.1) is 6.92 Å². The maximum Gasteiger partial charge on any atom is 0.0926 e. The van der Waals surface area contributed by atoms with Crippen LogP contribution >= 0.6 is 0 Å². The number of nitrogens with zero attached hydrogens (tertiary/aromatic N) is 1. The number of aromatic nitrogens is 2. The van der Waals surface area contributed by atoms with Gasteiger partial charge in [-0.15, -0.1) is 0 Å². The lowest BCUT2D eigenvalue weighted by molar-refractivity contribution is 0.446. The van der Waals surface area contributed by atoms with Crippen LogP contribution in [-0.2, 0) is 5.54 Å². The molecule has 3 N–H and O–H groups in total. The van der Waals surface area contributed by atoms with Gasteiger partial charge in [-0.3, -0.25) is 0 Å². The topological polar surface area (TPSA) is 54.7 Å². The van der Waals surface area contributed by atoms with E-state index in [0.29, 0.717) is 0 Å². The van der Waals surface area contributed by atoms with E-state index in [0.717, 1.165) is 24.2 Å². The summed E-state index contributed by atoms with van der Waals surface area (Å²) in [6.45, 7) is 2.04. The van der Waals surface area contributed by atoms with Gasteiger partial charge in [0.25, 0.3) is 0 Å². The van der Waals surface area contributed by atoms with Crippen molar-refractivity contribution in [3.8, 4) is 0 Å². The van der Waals surface area contributed by atoms with Crippen LogP contribution in [0.4, 0.5) is 0 Å². The Morgan fingerprint density at radius 3 is 2.67 bits per heavy atom. The molecule has 1 aliphatic rings. The van der Waals surface area contributed by atoms with Gasteiger partial charge in [-0.1, -0.05) is 12.8 Å². The molecular formula is C9H15N3. The second-order valence-corrected chi connectivity index (χ2v) is 3.74. The zero-order valence-electron chi connectivity index (χ0n) is 7.43. The number of aryl methyl sites for hydroxylation is 1. The molecule has 0 unspecified atom stereocenters. The molecule has 1 aromatic rings. The number of aromatic amines is 1. The van der Waals surface area contributed by atoms with E-state index in [1.165, 1.54) is 12.8 Å². The molecule has 0 saturated heterocycles. The molecule has 1 heterocycles. The Hall–Kier alpha value is -0.830. The fraction of sp³-hybridized carbons (Fsp3) is 0.667. The van der Waals surface area contributed by atoms with E-state index in [1.807, 2.05) is 6.92 Å². The minimum Gasteiger partial charge on any atom is -0.348 e. The summed E-state index contributed by atoms with van der Waals surface area (Å²) < 4.78 is 0. The number of hydrogen-bond donors (Lipinski definition) is 2. The van der Waals surface area contributed by atoms with E-state index < -0.39 is 0 Å². The van der Waals surface area contributed by atoms with Crippen molar-refractivity contribution in [3.63, 3.8) is 0 Å². The molecule has 0 bridgehead atoms. The highest BCUT2D eigenvalue weighted by Crippen LogP contribution is 2.36. The van der Waals surface area contributed by atoms with Crippen molar-refractivity contribution >= 4 is 0 Å². The van der Waals surface area contributed by atoms with Crippen molar-refractivity contribution < 1.29 is 0 Å². The lowest BCUT2D eigenvalue weighted by Gasteiger charge is -2.21. The summed E-state index contributed by atoms with van der Waals surface area (Å²) in [7, 11) is 0. The summed E-state index contributed by atoms with van der Waals surface area (Å²) in [6, 6.07) is 0. The van der Waals surface area contributed by atoms with Crippen molar-refractivity contribution in [1.82, 2.24) is 9.97 Å². The molecule has 0 radical (unpaired) electrons. The number of imidazole rings is 1. The van der Waals surface area contributed by atoms with E-state index in [2.05, 4.69) is 9.97 Å². The highest BCUT2D eigenvalue weighted by Gasteiger charge is 2.34. The van der Waals surface area contributed by atoms with Crippen molar-refractivity contribution in [2.24, 2.45) is 5.73 Å². The second-order valence-electron chi connectivity index (χ2n) is 3.74. The third-order valence-corrected chi connectivity index (χ3v) is 2.80. The lowest BCUT2D eigenvalue weighted by atomic mass is 9.93. The van der Waals surface area contributed by atoms with Crippen molar-refractivity contribution in [3.05, 3.63) is 17.7 Å². The molecule has 0 atom stereocenters. The van der Waals surface area contributed by atoms with Gasteiger partial charge in [0.15, 0.2) is 0 Å². The van der Waals surface area contributed by atoms with Gasteiger partial charge in [0.1, 0.15) is 0 Å². The first-order valence-corrected chi connectivity index (χ1v) is 4.52. The Bertz CT molecular complexity index is 271. The molecule has 0 aromatic carbocycles. The highest BCUT2D eigenvalue weighted by molar-refractivity contribution is 5.20. The monoisotopic (exact) mass is 165 g/mol. The Labute approximate surface area is 72.4 Å². The molecule has 1 saturated carbocycles. The quantitative estimate of drug-likeness (QED) is 0.661. The van der Waals surface area contributed by atoms with Crippen molar-refractivity contribution in [2.45, 2.75) is 38.1 Å². The van der Waals surface area contributed by atoms with Crippen LogP contribution in [0.2, 0.25) is 0 Å². The molecule has 0 aliphatic heterocycles. The summed E-state index contributed by atoms with van der Waals surface area (Å²) in [5.74, 6) is 0. The van der Waals surface area contributed by atoms with Gasteiger partial charge in [0.2, 0.25) is 0 Å². The van der Waals surface area contributed by atoms with Crippen LogP contribution in [-0.4, -0.2) is 9.97 Å². The van der Waals surface area contributed by atoms with Gasteiger partial charge in [-0.2, -0.15) is 0 Å². The van der Waals surface area contributed by atoms with Crippen LogP contribution in [0.25, 0.3) is 0 Å². The van der Waals surface area contributed by atoms with Crippen molar-refractivity contribution in [1.29, 1.82) is 0 Å². The summed E-state index contributed by atoms with van der Waals surface area (Å²) >= 11 is 0. The predicted octanol–water partition coefficient (Wildman–Crippen LogP) is 1.45. The van der Waals surface area contributed by atoms with Gasteiger partial charge in [-0.25, -0.2) is 4.98 Å². The molecule has 1 fully saturated rings. The first-order valence-electron chi connectivity index (χ1n) is 4.52. The number of H-pyrrole nitrogens is 1. The number of hydrogen-bond acceptors (Lipinski definition) is 2. The molecule has 0 amide bonds. The maximum atomic E-state index is 6.24. The molecule has 66 valence electrons. The van der Waals surface area contributed by atoms with Crippen LogP contribution in [0.5, 0.6) is 0 Å². The highest BCUT2D eigenvalue weighted by atomic mass is 14.9. The molecule has 1 aliphatic carbocycles. The van der Waals surface area contributed by atoms with Gasteiger partial charge >= 0.3 is 0 Å². The Balaban J connectivity index is 2.34. The zero-order valence-corrected chi connectivity index (χ0v) is 7.43. The largest absolute Gasteiger partial charge is 0.348 e. The van der Waals surface area contributed by atoms with E-state index >= 15 is 0 Å². The third-order valence-electron chi connectivity index (χ3n) is 2.80. The number of nitrogens with one attached hydrogen (secondary N) is 1. The zero-order chi connectivity index (χ0) is 8.60. The van der Waals surface area contributed by atoms with E-state index in [-0.39, 0.29) is 5.54 Å². The van der Waals surface area contributed by atoms with E-state index in [9.17, 15) is 0 Å². The standard InChI is InChI=1S/C9H15N3/c1-7-8(12-6-11-7)9(10)4-2-3-5-9/h6H,2-5,10H2,1H3,(H,11,12). The van der Waals surface area contributed by atoms with E-state index in [4.69, 9.17) is 5.73 Å². The van der Waals surface area contributed by atoms with Crippen LogP contribution in [0.1, 0.15) is 37.1 Å². The smallest absolute Gasteiger partial charge is 0.0926 e. The summed E-state index contributed by atoms with van der Waals surface area (Å²) in [6.07, 6.45) is 6.38. The van der Waals surface area contributed by atoms with Gasteiger partial charge in [0, 0.05) is 5.69 Å². The SMILES string of the molecule is Cc1[nH]cnc1C1(N)CCCC1. The van der Waals surface area contributed by atoms with Crippen LogP contribution < -0.4 is 5.73 Å². The Kier molecular flexibility index (Phi) is 1.68. The van der Waals surface area contributed by atoms with Gasteiger partial charge < -0.3 is 10.7 Å². The fourth-order valence-electron chi connectivity index (χ4n) is 2.10. The van der Waals surface area contributed by atoms with Gasteiger partial charge in [0.05, 0.1) is 17.6 Å². The van der Waals surface area contributed by atoms with Gasteiger partial charge in [-0.05, 0) is 19.8 Å². The molecule has 12 heavy (non-hydrogen) atoms. The average molecular weight is 165 g/mol. The Morgan fingerprint density at radius 2 is 2.17 bits per heavy atom. The molecule has 2 rings (SSSR count). The molecule has 3 heteroatoms. The first-order chi connectivity index (χ1) is 5.72. The second kappa shape index (κ2) is 2.59. The molecule has 3 nitrogen and oxygen atoms in total. The first kappa shape index (κ1) is 7.80. The number of rotatable bonds is 1. The van der Waals surface area contributed by atoms with Crippen molar-refractivity contribution in [2.75, 3.05) is 0 Å². The summed E-state index contributed by atoms with van der Waals surface area (Å²) in [4.78, 5) is 7.37. The minimum atomic E-state index is -0.135. The third kappa shape index (κ3) is 1.05. The fourth-order valence-corrected chi connectivity index (χ4v) is 2.10. The molecular weight excluding hydrogens is 150 g/mol. The Morgan fingerprint density at radius 1 is 1.50 bits per heavy atom. The maximum absolute atomic E-state index is 6.24. The lowest BCUT2D eigenvalue weighted by Crippen LogP contribution is -2.34. The predicted molar refractivity (Wildman–Crippen MR) is 47.7 cm³/mol. The van der Waals surface area contributed by atoms with Crippen LogP contribution in [0.3, 0.4) is 0 Å². The summed E-state index contributed by atoms with van der Waals surface area (Å²) in [5.41, 5.74) is 8.30. The minimum absolute atomic E-state index is 0.135. The average Bonchev–Trinajstić information content (AvgIpc) is 2.59.